The third-order valence-electron chi connectivity index (χ3n) is 2.92. The Balaban J connectivity index is 1.79. The molecule has 0 aliphatic heterocycles. The van der Waals surface area contributed by atoms with Crippen LogP contribution < -0.4 is 20.9 Å². The number of benzene rings is 2. The number of halogens is 1. The highest BCUT2D eigenvalue weighted by molar-refractivity contribution is 7.80. The van der Waals surface area contributed by atoms with Gasteiger partial charge in [-0.15, -0.1) is 0 Å². The van der Waals surface area contributed by atoms with E-state index in [0.717, 1.165) is 11.3 Å². The second-order valence-electron chi connectivity index (χ2n) is 4.66. The molecule has 7 heteroatoms. The molecule has 0 atom stereocenters. The van der Waals surface area contributed by atoms with Crippen molar-refractivity contribution in [2.75, 3.05) is 12.4 Å². The van der Waals surface area contributed by atoms with Crippen molar-refractivity contribution in [2.45, 2.75) is 6.42 Å². The zero-order valence-corrected chi connectivity index (χ0v) is 14.0. The van der Waals surface area contributed by atoms with Crippen LogP contribution in [0.4, 0.5) is 5.69 Å². The summed E-state index contributed by atoms with van der Waals surface area (Å²) in [5.74, 6) is 0.506. The van der Waals surface area contributed by atoms with Crippen LogP contribution in [0, 0.1) is 0 Å². The Bertz CT molecular complexity index is 692. The molecule has 2 rings (SSSR count). The molecule has 2 aromatic carbocycles. The Hall–Kier alpha value is -2.31. The fourth-order valence-corrected chi connectivity index (χ4v) is 2.12. The van der Waals surface area contributed by atoms with E-state index in [4.69, 9.17) is 28.6 Å². The second kappa shape index (κ2) is 8.36. The van der Waals surface area contributed by atoms with Crippen LogP contribution in [0.2, 0.25) is 5.02 Å². The number of anilines is 1. The number of hydrogen-bond acceptors (Lipinski definition) is 3. The Kier molecular flexibility index (Phi) is 6.19. The third-order valence-corrected chi connectivity index (χ3v) is 3.38. The van der Waals surface area contributed by atoms with E-state index in [1.54, 1.807) is 37.4 Å². The minimum atomic E-state index is -0.206. The van der Waals surface area contributed by atoms with Crippen LogP contribution in [0.5, 0.6) is 5.75 Å². The summed E-state index contributed by atoms with van der Waals surface area (Å²) in [6.45, 7) is 0. The van der Waals surface area contributed by atoms with Crippen molar-refractivity contribution in [1.29, 1.82) is 0 Å². The Morgan fingerprint density at radius 3 is 2.61 bits per heavy atom. The van der Waals surface area contributed by atoms with E-state index in [-0.39, 0.29) is 17.4 Å². The lowest BCUT2D eigenvalue weighted by Gasteiger charge is -2.12. The van der Waals surface area contributed by atoms with E-state index in [0.29, 0.717) is 10.8 Å². The largest absolute Gasteiger partial charge is 0.497 e. The molecule has 0 saturated heterocycles. The Morgan fingerprint density at radius 1 is 1.17 bits per heavy atom. The van der Waals surface area contributed by atoms with Crippen LogP contribution in [0.15, 0.2) is 48.5 Å². The predicted octanol–water partition coefficient (Wildman–Crippen LogP) is 2.91. The SMILES string of the molecule is COc1cccc(NC(=S)NNC(=O)Cc2ccc(Cl)cc2)c1. The molecule has 5 nitrogen and oxygen atoms in total. The molecule has 23 heavy (non-hydrogen) atoms. The molecular weight excluding hydrogens is 334 g/mol. The van der Waals surface area contributed by atoms with Crippen molar-refractivity contribution in [2.24, 2.45) is 0 Å². The summed E-state index contributed by atoms with van der Waals surface area (Å²) in [6, 6.07) is 14.4. The number of hydrazine groups is 1. The highest BCUT2D eigenvalue weighted by atomic mass is 35.5. The first-order valence-corrected chi connectivity index (χ1v) is 7.60. The highest BCUT2D eigenvalue weighted by Gasteiger charge is 2.04. The van der Waals surface area contributed by atoms with Gasteiger partial charge < -0.3 is 10.1 Å². The summed E-state index contributed by atoms with van der Waals surface area (Å²) in [6.07, 6.45) is 0.228. The lowest BCUT2D eigenvalue weighted by atomic mass is 10.1. The molecule has 3 N–H and O–H groups in total. The standard InChI is InChI=1S/C16H16ClN3O2S/c1-22-14-4-2-3-13(10-14)18-16(23)20-19-15(21)9-11-5-7-12(17)8-6-11/h2-8,10H,9H2,1H3,(H,19,21)(H2,18,20,23). The van der Waals surface area contributed by atoms with E-state index in [1.165, 1.54) is 0 Å². The maximum Gasteiger partial charge on any atom is 0.242 e. The van der Waals surface area contributed by atoms with Crippen molar-refractivity contribution >= 4 is 40.5 Å². The summed E-state index contributed by atoms with van der Waals surface area (Å²) in [7, 11) is 1.59. The van der Waals surface area contributed by atoms with Gasteiger partial charge in [-0.2, -0.15) is 0 Å². The van der Waals surface area contributed by atoms with E-state index < -0.39 is 0 Å². The lowest BCUT2D eigenvalue weighted by molar-refractivity contribution is -0.120. The molecule has 0 fully saturated rings. The van der Waals surface area contributed by atoms with Crippen molar-refractivity contribution in [3.8, 4) is 5.75 Å². The minimum Gasteiger partial charge on any atom is -0.497 e. The van der Waals surface area contributed by atoms with Gasteiger partial charge in [-0.25, -0.2) is 0 Å². The maximum absolute atomic E-state index is 11.8. The number of carbonyl (C=O) groups excluding carboxylic acids is 1. The van der Waals surface area contributed by atoms with Crippen molar-refractivity contribution in [1.82, 2.24) is 10.9 Å². The predicted molar refractivity (Wildman–Crippen MR) is 95.6 cm³/mol. The summed E-state index contributed by atoms with van der Waals surface area (Å²) in [4.78, 5) is 11.8. The number of amides is 1. The summed E-state index contributed by atoms with van der Waals surface area (Å²) in [5, 5.41) is 3.87. The van der Waals surface area contributed by atoms with Gasteiger partial charge in [-0.1, -0.05) is 29.8 Å². The van der Waals surface area contributed by atoms with Crippen molar-refractivity contribution in [3.05, 3.63) is 59.1 Å². The van der Waals surface area contributed by atoms with Crippen molar-refractivity contribution < 1.29 is 9.53 Å². The van der Waals surface area contributed by atoms with Gasteiger partial charge in [0.05, 0.1) is 13.5 Å². The zero-order chi connectivity index (χ0) is 16.7. The molecule has 0 heterocycles. The van der Waals surface area contributed by atoms with Crippen LogP contribution in [0.3, 0.4) is 0 Å². The highest BCUT2D eigenvalue weighted by Crippen LogP contribution is 2.16. The molecule has 0 aliphatic carbocycles. The molecule has 0 aliphatic rings. The second-order valence-corrected chi connectivity index (χ2v) is 5.51. The average Bonchev–Trinajstić information content (AvgIpc) is 2.55. The topological polar surface area (TPSA) is 62.4 Å². The summed E-state index contributed by atoms with van der Waals surface area (Å²) < 4.78 is 5.13. The summed E-state index contributed by atoms with van der Waals surface area (Å²) >= 11 is 10.9. The van der Waals surface area contributed by atoms with Crippen LogP contribution in [0.1, 0.15) is 5.56 Å². The van der Waals surface area contributed by atoms with Gasteiger partial charge in [0.15, 0.2) is 5.11 Å². The average molecular weight is 350 g/mol. The molecule has 0 bridgehead atoms. The van der Waals surface area contributed by atoms with E-state index in [2.05, 4.69) is 16.2 Å². The maximum atomic E-state index is 11.8. The van der Waals surface area contributed by atoms with Crippen LogP contribution >= 0.6 is 23.8 Å². The normalized spacial score (nSPS) is 9.83. The lowest BCUT2D eigenvalue weighted by Crippen LogP contribution is -2.44. The van der Waals surface area contributed by atoms with Crippen molar-refractivity contribution in [3.63, 3.8) is 0 Å². The molecule has 0 unspecified atom stereocenters. The fraction of sp³-hybridized carbons (Fsp3) is 0.125. The van der Waals surface area contributed by atoms with Gasteiger partial charge in [0.25, 0.3) is 0 Å². The number of ether oxygens (including phenoxy) is 1. The number of thiocarbonyl (C=S) groups is 1. The molecule has 0 spiro atoms. The van der Waals surface area contributed by atoms with Gasteiger partial charge >= 0.3 is 0 Å². The molecule has 1 amide bonds. The number of hydrogen-bond donors (Lipinski definition) is 3. The summed E-state index contributed by atoms with van der Waals surface area (Å²) in [5.41, 5.74) is 6.81. The fourth-order valence-electron chi connectivity index (χ4n) is 1.82. The first-order valence-electron chi connectivity index (χ1n) is 6.81. The number of carbonyl (C=O) groups is 1. The van der Waals surface area contributed by atoms with Gasteiger partial charge in [0, 0.05) is 16.8 Å². The van der Waals surface area contributed by atoms with E-state index in [9.17, 15) is 4.79 Å². The Morgan fingerprint density at radius 2 is 1.91 bits per heavy atom. The molecule has 0 saturated carbocycles. The van der Waals surface area contributed by atoms with Crippen LogP contribution in [0.25, 0.3) is 0 Å². The monoisotopic (exact) mass is 349 g/mol. The third kappa shape index (κ3) is 5.77. The minimum absolute atomic E-state index is 0.206. The molecule has 0 radical (unpaired) electrons. The van der Waals surface area contributed by atoms with E-state index in [1.807, 2.05) is 18.2 Å². The molecule has 2 aromatic rings. The molecular formula is C16H16ClN3O2S. The number of nitrogens with one attached hydrogen (secondary N) is 3. The number of rotatable bonds is 4. The van der Waals surface area contributed by atoms with Crippen LogP contribution in [-0.4, -0.2) is 18.1 Å². The quantitative estimate of drug-likeness (QED) is 0.585. The van der Waals surface area contributed by atoms with Gasteiger partial charge in [-0.05, 0) is 42.0 Å². The van der Waals surface area contributed by atoms with Gasteiger partial charge in [0.2, 0.25) is 5.91 Å². The first-order chi connectivity index (χ1) is 11.1. The smallest absolute Gasteiger partial charge is 0.242 e. The van der Waals surface area contributed by atoms with Crippen LogP contribution in [-0.2, 0) is 11.2 Å². The molecule has 0 aromatic heterocycles. The van der Waals surface area contributed by atoms with Gasteiger partial charge in [0.1, 0.15) is 5.75 Å². The zero-order valence-electron chi connectivity index (χ0n) is 12.4. The Labute approximate surface area is 145 Å². The van der Waals surface area contributed by atoms with Gasteiger partial charge in [-0.3, -0.25) is 15.6 Å². The molecule has 120 valence electrons. The first kappa shape index (κ1) is 17.1. The number of methoxy groups -OCH3 is 1. The van der Waals surface area contributed by atoms with E-state index >= 15 is 0 Å².